The Morgan fingerprint density at radius 1 is 0.400 bits per heavy atom. The van der Waals surface area contributed by atoms with E-state index in [9.17, 15) is 0 Å². The largest absolute Gasteiger partial charge is 0.0622 e. The summed E-state index contributed by atoms with van der Waals surface area (Å²) < 4.78 is 0. The first-order valence-electron chi connectivity index (χ1n) is 10.4. The Hall–Kier alpha value is -3.64. The fraction of sp³-hybridized carbons (Fsp3) is 0.0667. The molecule has 0 aromatic heterocycles. The molecule has 0 heteroatoms. The molecule has 4 rings (SSSR count). The normalized spacial score (nSPS) is 11.4. The van der Waals surface area contributed by atoms with Crippen LogP contribution in [0.1, 0.15) is 33.4 Å². The van der Waals surface area contributed by atoms with Gasteiger partial charge in [0.25, 0.3) is 0 Å². The molecular formula is C30H26. The van der Waals surface area contributed by atoms with E-state index in [-0.39, 0.29) is 0 Å². The van der Waals surface area contributed by atoms with Crippen LogP contribution in [0.5, 0.6) is 0 Å². The van der Waals surface area contributed by atoms with Crippen LogP contribution in [0.3, 0.4) is 0 Å². The topological polar surface area (TPSA) is 0 Å². The van der Waals surface area contributed by atoms with Crippen LogP contribution in [0.2, 0.25) is 0 Å². The molecule has 0 saturated carbocycles. The number of hydrogen-bond donors (Lipinski definition) is 0. The number of rotatable bonds is 5. The molecule has 0 radical (unpaired) electrons. The Balaban J connectivity index is 1.44. The van der Waals surface area contributed by atoms with Gasteiger partial charge < -0.3 is 0 Å². The Labute approximate surface area is 179 Å². The Morgan fingerprint density at radius 2 is 0.800 bits per heavy atom. The van der Waals surface area contributed by atoms with Crippen LogP contribution >= 0.6 is 0 Å². The molecule has 0 nitrogen and oxygen atoms in total. The van der Waals surface area contributed by atoms with Crippen molar-refractivity contribution < 1.29 is 0 Å². The van der Waals surface area contributed by atoms with E-state index in [1.807, 2.05) is 6.07 Å². The van der Waals surface area contributed by atoms with Gasteiger partial charge in [-0.05, 0) is 47.2 Å². The van der Waals surface area contributed by atoms with E-state index >= 15 is 0 Å². The van der Waals surface area contributed by atoms with E-state index in [2.05, 4.69) is 129 Å². The van der Waals surface area contributed by atoms with Gasteiger partial charge in [-0.3, -0.25) is 0 Å². The van der Waals surface area contributed by atoms with Crippen LogP contribution < -0.4 is 0 Å². The molecule has 0 fully saturated rings. The second kappa shape index (κ2) is 9.24. The van der Waals surface area contributed by atoms with E-state index in [0.717, 1.165) is 0 Å². The third kappa shape index (κ3) is 5.24. The van der Waals surface area contributed by atoms with Gasteiger partial charge in [0.15, 0.2) is 0 Å². The first-order chi connectivity index (χ1) is 14.7. The molecule has 0 atom stereocenters. The minimum atomic E-state index is 1.20. The van der Waals surface area contributed by atoms with Crippen molar-refractivity contribution in [3.8, 4) is 11.1 Å². The van der Waals surface area contributed by atoms with Crippen LogP contribution in [-0.2, 0) is 0 Å². The highest BCUT2D eigenvalue weighted by Crippen LogP contribution is 2.22. The van der Waals surface area contributed by atoms with Crippen molar-refractivity contribution in [3.63, 3.8) is 0 Å². The molecule has 0 bridgehead atoms. The number of aryl methyl sites for hydroxylation is 2. The monoisotopic (exact) mass is 386 g/mol. The smallest absolute Gasteiger partial charge is 0.0184 e. The molecule has 0 aliphatic heterocycles. The molecule has 0 heterocycles. The van der Waals surface area contributed by atoms with E-state index in [1.165, 1.54) is 44.5 Å². The highest BCUT2D eigenvalue weighted by atomic mass is 14.0. The van der Waals surface area contributed by atoms with Crippen LogP contribution in [0, 0.1) is 13.8 Å². The molecule has 0 spiro atoms. The Kier molecular flexibility index (Phi) is 6.06. The van der Waals surface area contributed by atoms with E-state index in [4.69, 9.17) is 0 Å². The summed E-state index contributed by atoms with van der Waals surface area (Å²) in [6.07, 6.45) is 8.66. The van der Waals surface area contributed by atoms with Crippen molar-refractivity contribution in [2.24, 2.45) is 0 Å². The molecular weight excluding hydrogens is 360 g/mol. The summed E-state index contributed by atoms with van der Waals surface area (Å²) in [5.41, 5.74) is 9.94. The molecule has 0 aliphatic carbocycles. The molecule has 0 amide bonds. The van der Waals surface area contributed by atoms with Crippen molar-refractivity contribution in [3.05, 3.63) is 130 Å². The molecule has 0 N–H and O–H groups in total. The lowest BCUT2D eigenvalue weighted by molar-refractivity contribution is 1.37. The Bertz CT molecular complexity index is 1140. The van der Waals surface area contributed by atoms with Gasteiger partial charge in [-0.25, -0.2) is 0 Å². The molecule has 30 heavy (non-hydrogen) atoms. The highest BCUT2D eigenvalue weighted by molar-refractivity contribution is 5.74. The van der Waals surface area contributed by atoms with E-state index in [1.54, 1.807) is 0 Å². The first kappa shape index (κ1) is 19.7. The highest BCUT2D eigenvalue weighted by Gasteiger charge is 1.98. The van der Waals surface area contributed by atoms with Gasteiger partial charge in [0.2, 0.25) is 0 Å². The fourth-order valence-corrected chi connectivity index (χ4v) is 3.63. The standard InChI is InChI=1S/C30H26/c1-23-20-24(2)22-28(21-23)11-10-27-14-18-30(19-15-27)29-16-12-26(13-17-29)9-8-25-6-4-3-5-7-25/h3-22H,1-2H3. The minimum Gasteiger partial charge on any atom is -0.0622 e. The second-order valence-electron chi connectivity index (χ2n) is 7.74. The number of benzene rings is 4. The van der Waals surface area contributed by atoms with Crippen LogP contribution in [0.4, 0.5) is 0 Å². The quantitative estimate of drug-likeness (QED) is 0.302. The zero-order valence-corrected chi connectivity index (χ0v) is 17.5. The van der Waals surface area contributed by atoms with Crippen molar-refractivity contribution in [1.82, 2.24) is 0 Å². The summed E-state index contributed by atoms with van der Waals surface area (Å²) >= 11 is 0. The molecule has 0 saturated heterocycles. The summed E-state index contributed by atoms with van der Waals surface area (Å²) in [6, 6.07) is 34.5. The van der Waals surface area contributed by atoms with Crippen molar-refractivity contribution in [2.75, 3.05) is 0 Å². The van der Waals surface area contributed by atoms with Gasteiger partial charge in [-0.15, -0.1) is 0 Å². The Morgan fingerprint density at radius 3 is 1.27 bits per heavy atom. The van der Waals surface area contributed by atoms with Crippen LogP contribution in [0.25, 0.3) is 35.4 Å². The predicted molar refractivity (Wildman–Crippen MR) is 132 cm³/mol. The van der Waals surface area contributed by atoms with Gasteiger partial charge in [-0.2, -0.15) is 0 Å². The zero-order valence-electron chi connectivity index (χ0n) is 17.5. The van der Waals surface area contributed by atoms with Crippen LogP contribution in [0.15, 0.2) is 97.1 Å². The maximum atomic E-state index is 2.21. The first-order valence-corrected chi connectivity index (χ1v) is 10.4. The maximum absolute atomic E-state index is 2.21. The summed E-state index contributed by atoms with van der Waals surface area (Å²) in [7, 11) is 0. The third-order valence-corrected chi connectivity index (χ3v) is 5.13. The predicted octanol–water partition coefficient (Wildman–Crippen LogP) is 8.31. The lowest BCUT2D eigenvalue weighted by atomic mass is 10.0. The van der Waals surface area contributed by atoms with Gasteiger partial charge in [-0.1, -0.05) is 132 Å². The van der Waals surface area contributed by atoms with Crippen molar-refractivity contribution >= 4 is 24.3 Å². The van der Waals surface area contributed by atoms with Crippen LogP contribution in [-0.4, -0.2) is 0 Å². The number of hydrogen-bond acceptors (Lipinski definition) is 0. The minimum absolute atomic E-state index is 1.20. The zero-order chi connectivity index (χ0) is 20.8. The molecule has 0 unspecified atom stereocenters. The summed E-state index contributed by atoms with van der Waals surface area (Å²) in [4.78, 5) is 0. The summed E-state index contributed by atoms with van der Waals surface area (Å²) in [5.74, 6) is 0. The SMILES string of the molecule is Cc1cc(C)cc(C=Cc2ccc(-c3ccc(C=Cc4ccccc4)cc3)cc2)c1. The van der Waals surface area contributed by atoms with Gasteiger partial charge in [0, 0.05) is 0 Å². The van der Waals surface area contributed by atoms with Gasteiger partial charge in [0.05, 0.1) is 0 Å². The molecule has 4 aromatic rings. The summed E-state index contributed by atoms with van der Waals surface area (Å²) in [5, 5.41) is 0. The maximum Gasteiger partial charge on any atom is -0.0184 e. The van der Waals surface area contributed by atoms with E-state index in [0.29, 0.717) is 0 Å². The molecule has 146 valence electrons. The van der Waals surface area contributed by atoms with Crippen molar-refractivity contribution in [2.45, 2.75) is 13.8 Å². The third-order valence-electron chi connectivity index (χ3n) is 5.13. The molecule has 0 aliphatic rings. The van der Waals surface area contributed by atoms with Crippen molar-refractivity contribution in [1.29, 1.82) is 0 Å². The average molecular weight is 387 g/mol. The lowest BCUT2D eigenvalue weighted by Crippen LogP contribution is -1.81. The fourth-order valence-electron chi connectivity index (χ4n) is 3.63. The van der Waals surface area contributed by atoms with E-state index < -0.39 is 0 Å². The summed E-state index contributed by atoms with van der Waals surface area (Å²) in [6.45, 7) is 4.28. The lowest BCUT2D eigenvalue weighted by Gasteiger charge is -2.04. The van der Waals surface area contributed by atoms with Gasteiger partial charge in [0.1, 0.15) is 0 Å². The average Bonchev–Trinajstić information content (AvgIpc) is 2.77. The van der Waals surface area contributed by atoms with Gasteiger partial charge >= 0.3 is 0 Å². The molecule has 4 aromatic carbocycles. The second-order valence-corrected chi connectivity index (χ2v) is 7.74.